The zero-order valence-corrected chi connectivity index (χ0v) is 15.4. The Morgan fingerprint density at radius 2 is 1.81 bits per heavy atom. The van der Waals surface area contributed by atoms with Crippen molar-refractivity contribution in [2.75, 3.05) is 6.26 Å². The highest BCUT2D eigenvalue weighted by atomic mass is 32.2. The molecule has 2 aliphatic rings. The summed E-state index contributed by atoms with van der Waals surface area (Å²) in [6.45, 7) is 0. The van der Waals surface area contributed by atoms with E-state index >= 15 is 0 Å². The van der Waals surface area contributed by atoms with Crippen LogP contribution < -0.4 is 5.73 Å². The van der Waals surface area contributed by atoms with E-state index in [-0.39, 0.29) is 28.9 Å². The second-order valence-corrected chi connectivity index (χ2v) is 9.30. The largest absolute Gasteiger partial charge is 0.331 e. The molecule has 2 N–H and O–H groups in total. The van der Waals surface area contributed by atoms with E-state index < -0.39 is 9.84 Å². The van der Waals surface area contributed by atoms with Crippen LogP contribution in [0, 0.1) is 0 Å². The molecule has 2 saturated heterocycles. The number of amides is 1. The summed E-state index contributed by atoms with van der Waals surface area (Å²) < 4.78 is 23.2. The molecule has 6 heteroatoms. The molecule has 136 valence electrons. The summed E-state index contributed by atoms with van der Waals surface area (Å²) in [6.07, 6.45) is 4.11. The van der Waals surface area contributed by atoms with E-state index in [1.165, 1.54) is 6.26 Å². The van der Waals surface area contributed by atoms with Crippen LogP contribution in [0.5, 0.6) is 0 Å². The SMILES string of the molecule is CS(=O)(=O)c1ccc(-c2cccc(C(=O)N3[C@@H]4CC[C@H]3[C@H](N)C4)c2)cc1. The average molecular weight is 370 g/mol. The molecule has 2 bridgehead atoms. The summed E-state index contributed by atoms with van der Waals surface area (Å²) in [7, 11) is -3.22. The van der Waals surface area contributed by atoms with Crippen molar-refractivity contribution >= 4 is 15.7 Å². The Hall–Kier alpha value is -2.18. The smallest absolute Gasteiger partial charge is 0.254 e. The van der Waals surface area contributed by atoms with Crippen molar-refractivity contribution < 1.29 is 13.2 Å². The van der Waals surface area contributed by atoms with Gasteiger partial charge in [0.1, 0.15) is 0 Å². The van der Waals surface area contributed by atoms with E-state index in [1.54, 1.807) is 24.3 Å². The van der Waals surface area contributed by atoms with Crippen LogP contribution in [0.25, 0.3) is 11.1 Å². The third kappa shape index (κ3) is 2.93. The van der Waals surface area contributed by atoms with E-state index in [4.69, 9.17) is 5.73 Å². The molecule has 0 unspecified atom stereocenters. The third-order valence-corrected chi connectivity index (χ3v) is 6.67. The van der Waals surface area contributed by atoms with Gasteiger partial charge in [-0.3, -0.25) is 4.79 Å². The van der Waals surface area contributed by atoms with Crippen LogP contribution in [-0.4, -0.2) is 43.6 Å². The minimum Gasteiger partial charge on any atom is -0.331 e. The molecule has 2 fully saturated rings. The Labute approximate surface area is 153 Å². The molecule has 0 radical (unpaired) electrons. The van der Waals surface area contributed by atoms with Crippen molar-refractivity contribution in [3.05, 3.63) is 54.1 Å². The summed E-state index contributed by atoms with van der Waals surface area (Å²) in [6, 6.07) is 14.8. The van der Waals surface area contributed by atoms with Crippen molar-refractivity contribution in [3.8, 4) is 11.1 Å². The summed E-state index contributed by atoms with van der Waals surface area (Å²) in [5.41, 5.74) is 8.58. The molecule has 0 saturated carbocycles. The molecule has 1 amide bonds. The van der Waals surface area contributed by atoms with Gasteiger partial charge in [0, 0.05) is 29.9 Å². The molecule has 2 aliphatic heterocycles. The van der Waals surface area contributed by atoms with Crippen molar-refractivity contribution in [2.45, 2.75) is 42.3 Å². The van der Waals surface area contributed by atoms with Crippen molar-refractivity contribution in [2.24, 2.45) is 5.73 Å². The van der Waals surface area contributed by atoms with Gasteiger partial charge in [-0.2, -0.15) is 0 Å². The highest BCUT2D eigenvalue weighted by molar-refractivity contribution is 7.90. The van der Waals surface area contributed by atoms with Crippen molar-refractivity contribution in [1.82, 2.24) is 4.90 Å². The number of hydrogen-bond acceptors (Lipinski definition) is 4. The predicted octanol–water partition coefficient (Wildman–Crippen LogP) is 2.46. The number of carbonyl (C=O) groups excluding carboxylic acids is 1. The number of fused-ring (bicyclic) bond motifs is 2. The Bertz CT molecular complexity index is 953. The molecule has 4 rings (SSSR count). The number of rotatable bonds is 3. The van der Waals surface area contributed by atoms with Gasteiger partial charge >= 0.3 is 0 Å². The van der Waals surface area contributed by atoms with Gasteiger partial charge in [0.2, 0.25) is 0 Å². The average Bonchev–Trinajstić information content (AvgIpc) is 3.17. The molecule has 0 spiro atoms. The number of nitrogens with zero attached hydrogens (tertiary/aromatic N) is 1. The van der Waals surface area contributed by atoms with E-state index in [2.05, 4.69) is 0 Å². The lowest BCUT2D eigenvalue weighted by molar-refractivity contribution is 0.0726. The first kappa shape index (κ1) is 17.2. The molecular weight excluding hydrogens is 348 g/mol. The Kier molecular flexibility index (Phi) is 4.12. The van der Waals surface area contributed by atoms with E-state index in [9.17, 15) is 13.2 Å². The minimum atomic E-state index is -3.22. The highest BCUT2D eigenvalue weighted by Gasteiger charge is 2.47. The normalized spacial score (nSPS) is 24.8. The van der Waals surface area contributed by atoms with Crippen LogP contribution in [0.2, 0.25) is 0 Å². The van der Waals surface area contributed by atoms with Crippen LogP contribution in [-0.2, 0) is 9.84 Å². The fourth-order valence-corrected chi connectivity index (χ4v) is 4.86. The predicted molar refractivity (Wildman–Crippen MR) is 101 cm³/mol. The van der Waals surface area contributed by atoms with Crippen LogP contribution in [0.15, 0.2) is 53.4 Å². The first-order valence-corrected chi connectivity index (χ1v) is 10.7. The summed E-state index contributed by atoms with van der Waals surface area (Å²) in [5, 5.41) is 0. The maximum atomic E-state index is 13.0. The van der Waals surface area contributed by atoms with Gasteiger partial charge in [-0.15, -0.1) is 0 Å². The second-order valence-electron chi connectivity index (χ2n) is 7.29. The molecule has 0 aliphatic carbocycles. The molecule has 3 atom stereocenters. The Morgan fingerprint density at radius 3 is 2.38 bits per heavy atom. The van der Waals surface area contributed by atoms with Gasteiger partial charge < -0.3 is 10.6 Å². The molecule has 2 heterocycles. The summed E-state index contributed by atoms with van der Waals surface area (Å²) in [4.78, 5) is 15.3. The highest BCUT2D eigenvalue weighted by Crippen LogP contribution is 2.38. The third-order valence-electron chi connectivity index (χ3n) is 5.54. The maximum Gasteiger partial charge on any atom is 0.254 e. The van der Waals surface area contributed by atoms with Gasteiger partial charge in [0.25, 0.3) is 5.91 Å². The topological polar surface area (TPSA) is 80.5 Å². The number of benzene rings is 2. The fraction of sp³-hybridized carbons (Fsp3) is 0.350. The van der Waals surface area contributed by atoms with Gasteiger partial charge in [-0.05, 0) is 54.7 Å². The number of sulfone groups is 1. The standard InChI is InChI=1S/C20H22N2O3S/c1-26(24,25)17-8-5-13(6-9-17)14-3-2-4-15(11-14)20(23)22-16-7-10-19(22)18(21)12-16/h2-6,8-9,11,16,18-19H,7,10,12,21H2,1H3/t16-,18-,19+/m1/s1. The zero-order chi connectivity index (χ0) is 18.5. The van der Waals surface area contributed by atoms with Crippen LogP contribution in [0.3, 0.4) is 0 Å². The monoisotopic (exact) mass is 370 g/mol. The lowest BCUT2D eigenvalue weighted by Crippen LogP contribution is -2.40. The van der Waals surface area contributed by atoms with Gasteiger partial charge in [0.15, 0.2) is 9.84 Å². The second kappa shape index (κ2) is 6.21. The van der Waals surface area contributed by atoms with Crippen molar-refractivity contribution in [3.63, 3.8) is 0 Å². The molecule has 26 heavy (non-hydrogen) atoms. The first-order valence-electron chi connectivity index (χ1n) is 8.83. The summed E-state index contributed by atoms with van der Waals surface area (Å²) in [5.74, 6) is 0.0417. The van der Waals surface area contributed by atoms with E-state index in [0.717, 1.165) is 30.4 Å². The van der Waals surface area contributed by atoms with E-state index in [1.807, 2.05) is 29.2 Å². The number of carbonyl (C=O) groups is 1. The van der Waals surface area contributed by atoms with E-state index in [0.29, 0.717) is 5.56 Å². The molecule has 2 aromatic rings. The lowest BCUT2D eigenvalue weighted by atomic mass is 9.96. The first-order chi connectivity index (χ1) is 12.3. The fourth-order valence-electron chi connectivity index (χ4n) is 4.23. The molecule has 0 aromatic heterocycles. The lowest BCUT2D eigenvalue weighted by Gasteiger charge is -2.23. The van der Waals surface area contributed by atoms with Crippen LogP contribution in [0.4, 0.5) is 0 Å². The molecule has 2 aromatic carbocycles. The maximum absolute atomic E-state index is 13.0. The van der Waals surface area contributed by atoms with Gasteiger partial charge in [-0.1, -0.05) is 24.3 Å². The number of hydrogen-bond donors (Lipinski definition) is 1. The van der Waals surface area contributed by atoms with Gasteiger partial charge in [-0.25, -0.2) is 8.42 Å². The Morgan fingerprint density at radius 1 is 1.08 bits per heavy atom. The molecule has 5 nitrogen and oxygen atoms in total. The summed E-state index contributed by atoms with van der Waals surface area (Å²) >= 11 is 0. The molecular formula is C20H22N2O3S. The Balaban J connectivity index is 1.62. The van der Waals surface area contributed by atoms with Crippen molar-refractivity contribution in [1.29, 1.82) is 0 Å². The minimum absolute atomic E-state index is 0.0417. The number of nitrogens with two attached hydrogens (primary N) is 1. The van der Waals surface area contributed by atoms with Crippen LogP contribution >= 0.6 is 0 Å². The van der Waals surface area contributed by atoms with Crippen LogP contribution in [0.1, 0.15) is 29.6 Å². The zero-order valence-electron chi connectivity index (χ0n) is 14.6. The van der Waals surface area contributed by atoms with Gasteiger partial charge in [0.05, 0.1) is 4.90 Å². The quantitative estimate of drug-likeness (QED) is 0.900.